The van der Waals surface area contributed by atoms with E-state index in [9.17, 15) is 4.79 Å². The van der Waals surface area contributed by atoms with Gasteiger partial charge in [0.15, 0.2) is 0 Å². The van der Waals surface area contributed by atoms with Gasteiger partial charge in [-0.15, -0.1) is 0 Å². The van der Waals surface area contributed by atoms with E-state index in [0.29, 0.717) is 24.1 Å². The fraction of sp³-hybridized carbons (Fsp3) is 0.529. The van der Waals surface area contributed by atoms with Crippen molar-refractivity contribution in [3.63, 3.8) is 0 Å². The van der Waals surface area contributed by atoms with Crippen molar-refractivity contribution in [2.24, 2.45) is 0 Å². The molecule has 0 bridgehead atoms. The minimum absolute atomic E-state index is 0.0472. The van der Waals surface area contributed by atoms with Crippen LogP contribution in [0.5, 0.6) is 0 Å². The van der Waals surface area contributed by atoms with Crippen molar-refractivity contribution in [3.8, 4) is 0 Å². The van der Waals surface area contributed by atoms with Gasteiger partial charge in [-0.05, 0) is 25.0 Å². The largest absolute Gasteiger partial charge is 0.375 e. The quantitative estimate of drug-likeness (QED) is 0.922. The lowest BCUT2D eigenvalue weighted by Gasteiger charge is -2.43. The first-order chi connectivity index (χ1) is 10.8. The Morgan fingerprint density at radius 3 is 3.09 bits per heavy atom. The zero-order valence-corrected chi connectivity index (χ0v) is 12.6. The number of H-pyrrole nitrogens is 1. The van der Waals surface area contributed by atoms with Crippen LogP contribution in [0.1, 0.15) is 31.5 Å². The first-order valence-electron chi connectivity index (χ1n) is 8.15. The Bertz CT molecular complexity index is 725. The Kier molecular flexibility index (Phi) is 3.68. The molecule has 1 saturated heterocycles. The van der Waals surface area contributed by atoms with Crippen molar-refractivity contribution in [1.29, 1.82) is 0 Å². The lowest BCUT2D eigenvalue weighted by Crippen LogP contribution is -2.52. The minimum atomic E-state index is -0.0472. The molecular weight excluding hydrogens is 278 g/mol. The lowest BCUT2D eigenvalue weighted by molar-refractivity contribution is -0.0917. The maximum Gasteiger partial charge on any atom is 0.258 e. The number of hydrogen-bond acceptors (Lipinski definition) is 4. The van der Waals surface area contributed by atoms with Gasteiger partial charge in [-0.25, -0.2) is 4.98 Å². The Labute approximate surface area is 129 Å². The van der Waals surface area contributed by atoms with Crippen LogP contribution in [0.3, 0.4) is 0 Å². The van der Waals surface area contributed by atoms with Crippen LogP contribution >= 0.6 is 0 Å². The monoisotopic (exact) mass is 299 g/mol. The molecule has 1 saturated carbocycles. The molecule has 1 aliphatic heterocycles. The number of hydrogen-bond donors (Lipinski definition) is 1. The molecule has 0 spiro atoms. The first kappa shape index (κ1) is 13.9. The van der Waals surface area contributed by atoms with Crippen molar-refractivity contribution in [1.82, 2.24) is 14.9 Å². The van der Waals surface area contributed by atoms with Crippen molar-refractivity contribution in [3.05, 3.63) is 40.4 Å². The van der Waals surface area contributed by atoms with Crippen molar-refractivity contribution in [2.75, 3.05) is 13.2 Å². The molecule has 2 aliphatic rings. The second-order valence-corrected chi connectivity index (χ2v) is 6.26. The van der Waals surface area contributed by atoms with Crippen LogP contribution in [0.2, 0.25) is 0 Å². The molecule has 116 valence electrons. The number of fused-ring (bicyclic) bond motifs is 2. The van der Waals surface area contributed by atoms with E-state index in [1.165, 1.54) is 19.3 Å². The molecule has 1 aromatic heterocycles. The maximum atomic E-state index is 12.2. The Morgan fingerprint density at radius 2 is 2.14 bits per heavy atom. The van der Waals surface area contributed by atoms with E-state index < -0.39 is 0 Å². The number of benzene rings is 1. The number of nitrogens with zero attached hydrogens (tertiary/aromatic N) is 2. The third-order valence-electron chi connectivity index (χ3n) is 4.86. The van der Waals surface area contributed by atoms with Gasteiger partial charge < -0.3 is 9.72 Å². The fourth-order valence-electron chi connectivity index (χ4n) is 3.77. The summed E-state index contributed by atoms with van der Waals surface area (Å²) in [4.78, 5) is 22.2. The summed E-state index contributed by atoms with van der Waals surface area (Å²) < 4.78 is 5.91. The van der Waals surface area contributed by atoms with Crippen LogP contribution in [0, 0.1) is 0 Å². The highest BCUT2D eigenvalue weighted by Crippen LogP contribution is 2.29. The number of aromatic nitrogens is 2. The zero-order valence-electron chi connectivity index (χ0n) is 12.6. The molecule has 1 aliphatic carbocycles. The van der Waals surface area contributed by atoms with Gasteiger partial charge in [0.2, 0.25) is 0 Å². The summed E-state index contributed by atoms with van der Waals surface area (Å²) in [6.07, 6.45) is 5.23. The summed E-state index contributed by atoms with van der Waals surface area (Å²) in [5.74, 6) is 0.759. The van der Waals surface area contributed by atoms with E-state index in [0.717, 1.165) is 30.9 Å². The van der Waals surface area contributed by atoms with Crippen LogP contribution in [0.15, 0.2) is 29.1 Å². The molecule has 22 heavy (non-hydrogen) atoms. The predicted molar refractivity (Wildman–Crippen MR) is 84.8 cm³/mol. The van der Waals surface area contributed by atoms with Crippen molar-refractivity contribution < 1.29 is 4.74 Å². The summed E-state index contributed by atoms with van der Waals surface area (Å²) in [6.45, 7) is 2.39. The van der Waals surface area contributed by atoms with Crippen LogP contribution < -0.4 is 5.56 Å². The smallest absolute Gasteiger partial charge is 0.258 e. The summed E-state index contributed by atoms with van der Waals surface area (Å²) in [6, 6.07) is 7.98. The highest BCUT2D eigenvalue weighted by atomic mass is 16.5. The number of aromatic amines is 1. The number of rotatable bonds is 2. The molecule has 2 aromatic rings. The summed E-state index contributed by atoms with van der Waals surface area (Å²) in [5, 5.41) is 0.656. The van der Waals surface area contributed by atoms with E-state index >= 15 is 0 Å². The van der Waals surface area contributed by atoms with E-state index in [1.807, 2.05) is 24.3 Å². The van der Waals surface area contributed by atoms with Gasteiger partial charge >= 0.3 is 0 Å². The van der Waals surface area contributed by atoms with Gasteiger partial charge in [0.05, 0.1) is 30.2 Å². The van der Waals surface area contributed by atoms with Gasteiger partial charge in [-0.1, -0.05) is 25.0 Å². The molecule has 2 heterocycles. The van der Waals surface area contributed by atoms with Gasteiger partial charge in [0.25, 0.3) is 5.56 Å². The van der Waals surface area contributed by atoms with Gasteiger partial charge in [-0.2, -0.15) is 0 Å². The number of nitrogens with one attached hydrogen (secondary N) is 1. The summed E-state index contributed by atoms with van der Waals surface area (Å²) in [5.41, 5.74) is 0.726. The van der Waals surface area contributed by atoms with Crippen LogP contribution in [-0.2, 0) is 11.3 Å². The maximum absolute atomic E-state index is 12.2. The molecule has 2 fully saturated rings. The van der Waals surface area contributed by atoms with Crippen LogP contribution in [0.4, 0.5) is 0 Å². The topological polar surface area (TPSA) is 58.2 Å². The molecule has 1 N–H and O–H groups in total. The average molecular weight is 299 g/mol. The molecule has 2 unspecified atom stereocenters. The highest BCUT2D eigenvalue weighted by Gasteiger charge is 2.34. The lowest BCUT2D eigenvalue weighted by atomic mass is 9.90. The number of ether oxygens (including phenoxy) is 1. The highest BCUT2D eigenvalue weighted by molar-refractivity contribution is 5.77. The van der Waals surface area contributed by atoms with Crippen molar-refractivity contribution >= 4 is 10.9 Å². The average Bonchev–Trinajstić information content (AvgIpc) is 2.55. The third kappa shape index (κ3) is 2.55. The van der Waals surface area contributed by atoms with Crippen LogP contribution in [-0.4, -0.2) is 40.2 Å². The summed E-state index contributed by atoms with van der Waals surface area (Å²) >= 11 is 0. The van der Waals surface area contributed by atoms with Crippen molar-refractivity contribution in [2.45, 2.75) is 44.4 Å². The number of para-hydroxylation sites is 1. The van der Waals surface area contributed by atoms with Gasteiger partial charge in [0, 0.05) is 12.6 Å². The minimum Gasteiger partial charge on any atom is -0.375 e. The second kappa shape index (κ2) is 5.82. The number of morpholine rings is 1. The Morgan fingerprint density at radius 1 is 1.27 bits per heavy atom. The summed E-state index contributed by atoms with van der Waals surface area (Å²) in [7, 11) is 0. The van der Waals surface area contributed by atoms with E-state index in [1.54, 1.807) is 0 Å². The standard InChI is InChI=1S/C17H21N3O2/c21-17-12-5-1-2-6-13(12)18-16(19-17)11-20-9-10-22-15-8-4-3-7-14(15)20/h1-2,5-6,14-15H,3-4,7-11H2,(H,18,19,21). The molecule has 5 heteroatoms. The molecule has 0 radical (unpaired) electrons. The molecule has 2 atom stereocenters. The third-order valence-corrected chi connectivity index (χ3v) is 4.86. The fourth-order valence-corrected chi connectivity index (χ4v) is 3.77. The normalized spacial score (nSPS) is 26.0. The molecule has 4 rings (SSSR count). The Balaban J connectivity index is 1.61. The Hall–Kier alpha value is -1.72. The van der Waals surface area contributed by atoms with Gasteiger partial charge in [-0.3, -0.25) is 9.69 Å². The molecule has 1 aromatic carbocycles. The zero-order chi connectivity index (χ0) is 14.9. The van der Waals surface area contributed by atoms with Gasteiger partial charge in [0.1, 0.15) is 5.82 Å². The second-order valence-electron chi connectivity index (χ2n) is 6.26. The molecular formula is C17H21N3O2. The van der Waals surface area contributed by atoms with E-state index in [-0.39, 0.29) is 5.56 Å². The van der Waals surface area contributed by atoms with E-state index in [4.69, 9.17) is 4.74 Å². The molecule has 0 amide bonds. The first-order valence-corrected chi connectivity index (χ1v) is 8.15. The SMILES string of the molecule is O=c1[nH]c(CN2CCOC3CCCCC32)nc2ccccc12. The van der Waals surface area contributed by atoms with E-state index in [2.05, 4.69) is 14.9 Å². The molecule has 5 nitrogen and oxygen atoms in total. The predicted octanol–water partition coefficient (Wildman–Crippen LogP) is 2.07. The van der Waals surface area contributed by atoms with Crippen LogP contribution in [0.25, 0.3) is 10.9 Å².